The molecule has 0 spiro atoms. The van der Waals surface area contributed by atoms with Crippen LogP contribution in [0.25, 0.3) is 0 Å². The highest BCUT2D eigenvalue weighted by molar-refractivity contribution is 7.08. The quantitative estimate of drug-likeness (QED) is 0.788. The molecule has 21 heavy (non-hydrogen) atoms. The van der Waals surface area contributed by atoms with Crippen LogP contribution in [-0.4, -0.2) is 27.5 Å². The Bertz CT molecular complexity index is 705. The summed E-state index contributed by atoms with van der Waals surface area (Å²) in [5, 5.41) is 16.5. The lowest BCUT2D eigenvalue weighted by molar-refractivity contribution is 0.0528. The van der Waals surface area contributed by atoms with Crippen molar-refractivity contribution < 1.29 is 9.90 Å². The number of carbonyl (C=O) groups excluding carboxylic acids is 1. The van der Waals surface area contributed by atoms with E-state index in [-0.39, 0.29) is 12.2 Å². The second-order valence-electron chi connectivity index (χ2n) is 5.09. The van der Waals surface area contributed by atoms with Gasteiger partial charge < -0.3 is 15.4 Å². The molecule has 0 aliphatic heterocycles. The van der Waals surface area contributed by atoms with Gasteiger partial charge in [-0.05, 0) is 43.2 Å². The summed E-state index contributed by atoms with van der Waals surface area (Å²) in [4.78, 5) is 30.4. The third-order valence-corrected chi connectivity index (χ3v) is 3.97. The number of carbonyl (C=O) groups is 1. The van der Waals surface area contributed by atoms with Gasteiger partial charge in [-0.1, -0.05) is 0 Å². The molecule has 0 bridgehead atoms. The summed E-state index contributed by atoms with van der Waals surface area (Å²) < 4.78 is 0. The van der Waals surface area contributed by atoms with Crippen LogP contribution in [0.1, 0.15) is 34.4 Å². The van der Waals surface area contributed by atoms with Gasteiger partial charge in [-0.2, -0.15) is 11.3 Å². The van der Waals surface area contributed by atoms with Crippen LogP contribution < -0.4 is 10.9 Å². The maximum Gasteiger partial charge on any atom is 0.279 e. The first-order chi connectivity index (χ1) is 9.81. The Morgan fingerprint density at radius 1 is 1.52 bits per heavy atom. The number of hydrogen-bond donors (Lipinski definition) is 3. The lowest BCUT2D eigenvalue weighted by Crippen LogP contribution is -2.40. The van der Waals surface area contributed by atoms with E-state index in [0.717, 1.165) is 5.56 Å². The van der Waals surface area contributed by atoms with Gasteiger partial charge >= 0.3 is 0 Å². The molecule has 112 valence electrons. The van der Waals surface area contributed by atoms with Crippen LogP contribution in [-0.2, 0) is 5.60 Å². The van der Waals surface area contributed by atoms with Gasteiger partial charge in [0.1, 0.15) is 5.60 Å². The SMILES string of the molecule is Cc1nc(C(=O)NCC(C)(O)c2ccsc2)c(=O)[nH]c1C. The van der Waals surface area contributed by atoms with Crippen molar-refractivity contribution in [3.05, 3.63) is 49.8 Å². The number of aromatic amines is 1. The van der Waals surface area contributed by atoms with Crippen molar-refractivity contribution in [3.8, 4) is 0 Å². The maximum atomic E-state index is 12.0. The molecule has 0 radical (unpaired) electrons. The lowest BCUT2D eigenvalue weighted by atomic mass is 9.99. The van der Waals surface area contributed by atoms with Crippen LogP contribution in [0.3, 0.4) is 0 Å². The lowest BCUT2D eigenvalue weighted by Gasteiger charge is -2.22. The van der Waals surface area contributed by atoms with E-state index in [4.69, 9.17) is 0 Å². The minimum Gasteiger partial charge on any atom is -0.384 e. The van der Waals surface area contributed by atoms with Gasteiger partial charge in [-0.15, -0.1) is 0 Å². The molecule has 1 unspecified atom stereocenters. The largest absolute Gasteiger partial charge is 0.384 e. The topological polar surface area (TPSA) is 95.1 Å². The van der Waals surface area contributed by atoms with Crippen molar-refractivity contribution >= 4 is 17.2 Å². The molecule has 2 aromatic heterocycles. The predicted molar refractivity (Wildman–Crippen MR) is 80.6 cm³/mol. The molecule has 2 heterocycles. The van der Waals surface area contributed by atoms with E-state index < -0.39 is 17.1 Å². The van der Waals surface area contributed by atoms with Crippen LogP contribution in [0, 0.1) is 13.8 Å². The molecule has 2 aromatic rings. The Morgan fingerprint density at radius 2 is 2.24 bits per heavy atom. The number of hydrogen-bond acceptors (Lipinski definition) is 5. The molecule has 0 aliphatic rings. The Kier molecular flexibility index (Phi) is 4.24. The van der Waals surface area contributed by atoms with Crippen LogP contribution in [0.5, 0.6) is 0 Å². The maximum absolute atomic E-state index is 12.0. The van der Waals surface area contributed by atoms with E-state index in [1.165, 1.54) is 11.3 Å². The minimum atomic E-state index is -1.19. The average molecular weight is 307 g/mol. The molecule has 2 rings (SSSR count). The minimum absolute atomic E-state index is 0.00336. The van der Waals surface area contributed by atoms with Crippen molar-refractivity contribution in [2.45, 2.75) is 26.4 Å². The van der Waals surface area contributed by atoms with Gasteiger partial charge in [-0.3, -0.25) is 9.59 Å². The Morgan fingerprint density at radius 3 is 2.86 bits per heavy atom. The fourth-order valence-electron chi connectivity index (χ4n) is 1.79. The van der Waals surface area contributed by atoms with E-state index in [9.17, 15) is 14.7 Å². The fraction of sp³-hybridized carbons (Fsp3) is 0.357. The highest BCUT2D eigenvalue weighted by Gasteiger charge is 2.25. The molecule has 0 saturated carbocycles. The number of aryl methyl sites for hydroxylation is 2. The first-order valence-electron chi connectivity index (χ1n) is 6.42. The number of nitrogens with one attached hydrogen (secondary N) is 2. The molecule has 1 atom stereocenters. The fourth-order valence-corrected chi connectivity index (χ4v) is 2.57. The molecule has 3 N–H and O–H groups in total. The van der Waals surface area contributed by atoms with E-state index in [1.807, 2.05) is 10.8 Å². The molecule has 6 nitrogen and oxygen atoms in total. The third-order valence-electron chi connectivity index (χ3n) is 3.29. The smallest absolute Gasteiger partial charge is 0.279 e. The van der Waals surface area contributed by atoms with E-state index in [1.54, 1.807) is 26.8 Å². The van der Waals surface area contributed by atoms with Crippen LogP contribution in [0.4, 0.5) is 0 Å². The standard InChI is InChI=1S/C14H17N3O3S/c1-8-9(2)17-13(19)11(16-8)12(18)15-7-14(3,20)10-4-5-21-6-10/h4-6,20H,7H2,1-3H3,(H,15,18)(H,17,19). The predicted octanol–water partition coefficient (Wildman–Crippen LogP) is 1.09. The Hall–Kier alpha value is -1.99. The number of aromatic nitrogens is 2. The zero-order valence-corrected chi connectivity index (χ0v) is 12.9. The van der Waals surface area contributed by atoms with Gasteiger partial charge in [0.2, 0.25) is 0 Å². The molecule has 7 heteroatoms. The molecule has 0 fully saturated rings. The average Bonchev–Trinajstić information content (AvgIpc) is 2.95. The van der Waals surface area contributed by atoms with Crippen molar-refractivity contribution in [1.29, 1.82) is 0 Å². The summed E-state index contributed by atoms with van der Waals surface area (Å²) in [6.07, 6.45) is 0. The first kappa shape index (κ1) is 15.4. The Balaban J connectivity index is 2.13. The van der Waals surface area contributed by atoms with Crippen LogP contribution in [0.15, 0.2) is 21.6 Å². The molecular formula is C14H17N3O3S. The number of amides is 1. The van der Waals surface area contributed by atoms with Crippen molar-refractivity contribution in [1.82, 2.24) is 15.3 Å². The zero-order valence-electron chi connectivity index (χ0n) is 12.1. The number of rotatable bonds is 4. The van der Waals surface area contributed by atoms with Crippen molar-refractivity contribution in [3.63, 3.8) is 0 Å². The van der Waals surface area contributed by atoms with E-state index in [0.29, 0.717) is 11.4 Å². The summed E-state index contributed by atoms with van der Waals surface area (Å²) in [5.74, 6) is -0.602. The molecular weight excluding hydrogens is 290 g/mol. The van der Waals surface area contributed by atoms with Crippen molar-refractivity contribution in [2.24, 2.45) is 0 Å². The number of H-pyrrole nitrogens is 1. The number of aliphatic hydroxyl groups is 1. The van der Waals surface area contributed by atoms with Gasteiger partial charge in [0.15, 0.2) is 5.69 Å². The van der Waals surface area contributed by atoms with Crippen LogP contribution >= 0.6 is 11.3 Å². The van der Waals surface area contributed by atoms with E-state index >= 15 is 0 Å². The monoisotopic (exact) mass is 307 g/mol. The van der Waals surface area contributed by atoms with Crippen LogP contribution in [0.2, 0.25) is 0 Å². The molecule has 1 amide bonds. The summed E-state index contributed by atoms with van der Waals surface area (Å²) in [5.41, 5.74) is 0.00762. The highest BCUT2D eigenvalue weighted by atomic mass is 32.1. The van der Waals surface area contributed by atoms with Gasteiger partial charge in [0, 0.05) is 5.69 Å². The zero-order chi connectivity index (χ0) is 15.6. The first-order valence-corrected chi connectivity index (χ1v) is 7.36. The summed E-state index contributed by atoms with van der Waals surface area (Å²) in [6, 6.07) is 1.79. The Labute approximate surface area is 125 Å². The third kappa shape index (κ3) is 3.37. The normalized spacial score (nSPS) is 13.7. The summed E-state index contributed by atoms with van der Waals surface area (Å²) >= 11 is 1.46. The van der Waals surface area contributed by atoms with E-state index in [2.05, 4.69) is 15.3 Å². The molecule has 0 aliphatic carbocycles. The number of nitrogens with zero attached hydrogens (tertiary/aromatic N) is 1. The van der Waals surface area contributed by atoms with Gasteiger partial charge in [0.05, 0.1) is 12.2 Å². The second kappa shape index (κ2) is 5.79. The summed E-state index contributed by atoms with van der Waals surface area (Å²) in [6.45, 7) is 5.03. The number of thiophene rings is 1. The highest BCUT2D eigenvalue weighted by Crippen LogP contribution is 2.21. The molecule has 0 saturated heterocycles. The second-order valence-corrected chi connectivity index (χ2v) is 5.87. The summed E-state index contributed by atoms with van der Waals surface area (Å²) in [7, 11) is 0. The van der Waals surface area contributed by atoms with Crippen molar-refractivity contribution in [2.75, 3.05) is 6.54 Å². The van der Waals surface area contributed by atoms with Gasteiger partial charge in [-0.25, -0.2) is 4.98 Å². The molecule has 0 aromatic carbocycles. The van der Waals surface area contributed by atoms with Gasteiger partial charge in [0.25, 0.3) is 11.5 Å².